The Balaban J connectivity index is 1.58. The number of nitrogens with zero attached hydrogens (tertiary/aromatic N) is 2. The fourth-order valence-electron chi connectivity index (χ4n) is 3.25. The van der Waals surface area contributed by atoms with Gasteiger partial charge in [-0.3, -0.25) is 4.79 Å². The van der Waals surface area contributed by atoms with Crippen molar-refractivity contribution in [1.29, 1.82) is 0 Å². The van der Waals surface area contributed by atoms with Crippen molar-refractivity contribution in [2.45, 2.75) is 26.3 Å². The first kappa shape index (κ1) is 24.0. The van der Waals surface area contributed by atoms with Crippen LogP contribution in [0, 0.1) is 13.8 Å². The van der Waals surface area contributed by atoms with Crippen LogP contribution < -0.4 is 5.32 Å². The van der Waals surface area contributed by atoms with E-state index in [0.717, 1.165) is 16.9 Å². The second-order valence-corrected chi connectivity index (χ2v) is 7.73. The van der Waals surface area contributed by atoms with Crippen LogP contribution in [0.2, 0.25) is 5.02 Å². The Labute approximate surface area is 196 Å². The van der Waals surface area contributed by atoms with E-state index in [1.165, 1.54) is 7.11 Å². The van der Waals surface area contributed by atoms with Gasteiger partial charge in [-0.25, -0.2) is 14.3 Å². The van der Waals surface area contributed by atoms with Gasteiger partial charge in [0.15, 0.2) is 6.61 Å². The summed E-state index contributed by atoms with van der Waals surface area (Å²) in [6.45, 7) is 3.13. The molecule has 8 nitrogen and oxygen atoms in total. The minimum absolute atomic E-state index is 0.255. The highest BCUT2D eigenvalue weighted by atomic mass is 35.5. The Morgan fingerprint density at radius 3 is 2.30 bits per heavy atom. The van der Waals surface area contributed by atoms with Gasteiger partial charge in [-0.2, -0.15) is 5.10 Å². The minimum atomic E-state index is -0.893. The van der Waals surface area contributed by atoms with Gasteiger partial charge in [0.1, 0.15) is 6.04 Å². The zero-order valence-electron chi connectivity index (χ0n) is 18.5. The Kier molecular flexibility index (Phi) is 7.84. The average molecular weight is 470 g/mol. The quantitative estimate of drug-likeness (QED) is 0.508. The van der Waals surface area contributed by atoms with Crippen molar-refractivity contribution >= 4 is 29.4 Å². The molecule has 3 rings (SSSR count). The monoisotopic (exact) mass is 469 g/mol. The molecule has 0 aliphatic heterocycles. The number of carbonyl (C=O) groups excluding carboxylic acids is 3. The smallest absolute Gasteiger partial charge is 0.338 e. The summed E-state index contributed by atoms with van der Waals surface area (Å²) < 4.78 is 11.5. The number of amides is 1. The van der Waals surface area contributed by atoms with E-state index in [2.05, 4.69) is 10.4 Å². The molecule has 0 saturated heterocycles. The lowest BCUT2D eigenvalue weighted by Crippen LogP contribution is -2.44. The van der Waals surface area contributed by atoms with Crippen LogP contribution in [-0.4, -0.2) is 47.4 Å². The molecule has 1 aromatic heterocycles. The van der Waals surface area contributed by atoms with Gasteiger partial charge in [0.2, 0.25) is 0 Å². The van der Waals surface area contributed by atoms with Gasteiger partial charge in [-0.1, -0.05) is 41.9 Å². The van der Waals surface area contributed by atoms with Gasteiger partial charge in [0.25, 0.3) is 5.91 Å². The third-order valence-electron chi connectivity index (χ3n) is 4.99. The number of aromatic nitrogens is 2. The molecule has 172 valence electrons. The molecule has 1 heterocycles. The lowest BCUT2D eigenvalue weighted by atomic mass is 10.1. The number of ether oxygens (including phenoxy) is 2. The maximum Gasteiger partial charge on any atom is 0.338 e. The van der Waals surface area contributed by atoms with E-state index in [0.29, 0.717) is 10.7 Å². The van der Waals surface area contributed by atoms with E-state index in [9.17, 15) is 14.4 Å². The molecule has 3 aromatic rings. The molecule has 1 N–H and O–H groups in total. The molecule has 1 unspecified atom stereocenters. The van der Waals surface area contributed by atoms with Crippen molar-refractivity contribution in [2.24, 2.45) is 0 Å². The number of methoxy groups -OCH3 is 1. The molecule has 1 atom stereocenters. The van der Waals surface area contributed by atoms with Gasteiger partial charge in [-0.05, 0) is 43.7 Å². The molecule has 0 spiro atoms. The van der Waals surface area contributed by atoms with Gasteiger partial charge in [0.05, 0.1) is 34.8 Å². The third kappa shape index (κ3) is 5.98. The van der Waals surface area contributed by atoms with Gasteiger partial charge >= 0.3 is 11.9 Å². The summed E-state index contributed by atoms with van der Waals surface area (Å²) in [4.78, 5) is 36.7. The third-order valence-corrected chi connectivity index (χ3v) is 5.54. The highest BCUT2D eigenvalue weighted by molar-refractivity contribution is 6.31. The number of rotatable bonds is 8. The second kappa shape index (κ2) is 10.8. The van der Waals surface area contributed by atoms with Crippen molar-refractivity contribution in [3.63, 3.8) is 0 Å². The van der Waals surface area contributed by atoms with E-state index < -0.39 is 30.5 Å². The standard InChI is InChI=1S/C24H24ClN3O5/c1-15-22(25)16(2)28(27-15)19-11-9-18(10-12-19)23(30)33-14-21(29)26-20(24(31)32-3)13-17-7-5-4-6-8-17/h4-12,20H,13-14H2,1-3H3,(H,26,29). The van der Waals surface area contributed by atoms with Crippen LogP contribution in [0.15, 0.2) is 54.6 Å². The second-order valence-electron chi connectivity index (χ2n) is 7.35. The van der Waals surface area contributed by atoms with Crippen LogP contribution in [0.5, 0.6) is 0 Å². The van der Waals surface area contributed by atoms with Crippen molar-refractivity contribution in [3.8, 4) is 5.69 Å². The number of aryl methyl sites for hydroxylation is 1. The molecule has 0 aliphatic rings. The average Bonchev–Trinajstić information content (AvgIpc) is 3.09. The van der Waals surface area contributed by atoms with Crippen LogP contribution in [-0.2, 0) is 25.5 Å². The van der Waals surface area contributed by atoms with Crippen LogP contribution in [0.4, 0.5) is 0 Å². The van der Waals surface area contributed by atoms with E-state index in [-0.39, 0.29) is 12.0 Å². The molecule has 0 bridgehead atoms. The van der Waals surface area contributed by atoms with Crippen molar-refractivity contribution in [2.75, 3.05) is 13.7 Å². The molecular formula is C24H24ClN3O5. The largest absolute Gasteiger partial charge is 0.467 e. The van der Waals surface area contributed by atoms with E-state index in [1.54, 1.807) is 28.9 Å². The van der Waals surface area contributed by atoms with Gasteiger partial charge < -0.3 is 14.8 Å². The van der Waals surface area contributed by atoms with Crippen molar-refractivity contribution in [3.05, 3.63) is 82.1 Å². The first-order valence-electron chi connectivity index (χ1n) is 10.2. The molecule has 9 heteroatoms. The van der Waals surface area contributed by atoms with Gasteiger partial charge in [-0.15, -0.1) is 0 Å². The molecule has 2 aromatic carbocycles. The normalized spacial score (nSPS) is 11.5. The summed E-state index contributed by atoms with van der Waals surface area (Å²) in [7, 11) is 1.25. The summed E-state index contributed by atoms with van der Waals surface area (Å²) >= 11 is 6.19. The Morgan fingerprint density at radius 2 is 1.73 bits per heavy atom. The zero-order chi connectivity index (χ0) is 24.0. The summed E-state index contributed by atoms with van der Waals surface area (Å²) in [5.74, 6) is -1.86. The highest BCUT2D eigenvalue weighted by Gasteiger charge is 2.22. The highest BCUT2D eigenvalue weighted by Crippen LogP contribution is 2.22. The number of benzene rings is 2. The number of nitrogens with one attached hydrogen (secondary N) is 1. The summed E-state index contributed by atoms with van der Waals surface area (Å²) in [5, 5.41) is 7.51. The summed E-state index contributed by atoms with van der Waals surface area (Å²) in [6, 6.07) is 14.9. The molecular weight excluding hydrogens is 446 g/mol. The van der Waals surface area contributed by atoms with Crippen molar-refractivity contribution < 1.29 is 23.9 Å². The molecule has 0 radical (unpaired) electrons. The first-order valence-corrected chi connectivity index (χ1v) is 10.6. The van der Waals surface area contributed by atoms with Crippen molar-refractivity contribution in [1.82, 2.24) is 15.1 Å². The van der Waals surface area contributed by atoms with E-state index in [4.69, 9.17) is 21.1 Å². The number of hydrogen-bond donors (Lipinski definition) is 1. The molecule has 0 aliphatic carbocycles. The van der Waals surface area contributed by atoms with Gasteiger partial charge in [0, 0.05) is 6.42 Å². The SMILES string of the molecule is COC(=O)C(Cc1ccccc1)NC(=O)COC(=O)c1ccc(-n2nc(C)c(Cl)c2C)cc1. The summed E-state index contributed by atoms with van der Waals surface area (Å²) in [6.07, 6.45) is 0.255. The number of esters is 2. The lowest BCUT2D eigenvalue weighted by Gasteiger charge is -2.16. The first-order chi connectivity index (χ1) is 15.8. The van der Waals surface area contributed by atoms with E-state index in [1.807, 2.05) is 44.2 Å². The predicted molar refractivity (Wildman–Crippen MR) is 122 cm³/mol. The van der Waals surface area contributed by atoms with Crippen LogP contribution >= 0.6 is 11.6 Å². The van der Waals surface area contributed by atoms with E-state index >= 15 is 0 Å². The molecule has 1 amide bonds. The minimum Gasteiger partial charge on any atom is -0.467 e. The van der Waals surface area contributed by atoms with Crippen LogP contribution in [0.25, 0.3) is 5.69 Å². The molecule has 0 saturated carbocycles. The van der Waals surface area contributed by atoms with Crippen LogP contribution in [0.3, 0.4) is 0 Å². The zero-order valence-corrected chi connectivity index (χ0v) is 19.3. The maximum absolute atomic E-state index is 12.4. The van der Waals surface area contributed by atoms with Crippen LogP contribution in [0.1, 0.15) is 27.3 Å². The number of carbonyl (C=O) groups is 3. The Hall–Kier alpha value is -3.65. The predicted octanol–water partition coefficient (Wildman–Crippen LogP) is 3.20. The summed E-state index contributed by atoms with van der Waals surface area (Å²) in [5.41, 5.74) is 3.36. The fraction of sp³-hybridized carbons (Fsp3) is 0.250. The lowest BCUT2D eigenvalue weighted by molar-refractivity contribution is -0.145. The Morgan fingerprint density at radius 1 is 1.06 bits per heavy atom. The number of hydrogen-bond acceptors (Lipinski definition) is 6. The topological polar surface area (TPSA) is 99.5 Å². The number of halogens is 1. The molecule has 33 heavy (non-hydrogen) atoms. The molecule has 0 fully saturated rings. The Bertz CT molecular complexity index is 1140. The fourth-order valence-corrected chi connectivity index (χ4v) is 3.37. The maximum atomic E-state index is 12.4.